The molecule has 0 spiro atoms. The fraction of sp³-hybridized carbons (Fsp3) is 0.167. The third-order valence-corrected chi connectivity index (χ3v) is 3.32. The highest BCUT2D eigenvalue weighted by Crippen LogP contribution is 2.22. The Morgan fingerprint density at radius 2 is 1.91 bits per heavy atom. The average Bonchev–Trinajstić information content (AvgIpc) is 2.52. The first kappa shape index (κ1) is 15.0. The molecule has 0 saturated carbocycles. The van der Waals surface area contributed by atoms with E-state index in [1.54, 1.807) is 6.92 Å². The summed E-state index contributed by atoms with van der Waals surface area (Å²) in [5.74, 6) is 0.807. The van der Waals surface area contributed by atoms with Crippen molar-refractivity contribution in [2.75, 3.05) is 11.9 Å². The molecule has 0 bridgehead atoms. The number of fused-ring (bicyclic) bond motifs is 1. The van der Waals surface area contributed by atoms with E-state index in [0.29, 0.717) is 11.7 Å². The van der Waals surface area contributed by atoms with Crippen molar-refractivity contribution in [1.82, 2.24) is 9.97 Å². The van der Waals surface area contributed by atoms with Gasteiger partial charge < -0.3 is 10.1 Å². The molecule has 23 heavy (non-hydrogen) atoms. The average molecular weight is 307 g/mol. The van der Waals surface area contributed by atoms with Crippen LogP contribution in [0.4, 0.5) is 5.69 Å². The van der Waals surface area contributed by atoms with Gasteiger partial charge in [-0.1, -0.05) is 24.3 Å². The molecule has 1 aromatic heterocycles. The first-order valence-electron chi connectivity index (χ1n) is 7.34. The van der Waals surface area contributed by atoms with Gasteiger partial charge in [0, 0.05) is 5.69 Å². The fourth-order valence-corrected chi connectivity index (χ4v) is 2.32. The van der Waals surface area contributed by atoms with Crippen LogP contribution in [0.1, 0.15) is 11.4 Å². The van der Waals surface area contributed by atoms with E-state index in [0.717, 1.165) is 22.2 Å². The molecule has 0 saturated heterocycles. The van der Waals surface area contributed by atoms with Crippen molar-refractivity contribution in [2.45, 2.75) is 13.8 Å². The van der Waals surface area contributed by atoms with Gasteiger partial charge in [0.05, 0.1) is 10.9 Å². The second-order valence-corrected chi connectivity index (χ2v) is 5.30. The first-order chi connectivity index (χ1) is 11.1. The molecule has 0 radical (unpaired) electrons. The van der Waals surface area contributed by atoms with Crippen LogP contribution in [0.2, 0.25) is 0 Å². The van der Waals surface area contributed by atoms with E-state index in [1.165, 1.54) is 0 Å². The van der Waals surface area contributed by atoms with Crippen LogP contribution >= 0.6 is 0 Å². The minimum atomic E-state index is -0.226. The number of anilines is 1. The van der Waals surface area contributed by atoms with Crippen molar-refractivity contribution in [3.05, 3.63) is 59.9 Å². The summed E-state index contributed by atoms with van der Waals surface area (Å²) in [5, 5.41) is 3.60. The van der Waals surface area contributed by atoms with Crippen LogP contribution in [-0.2, 0) is 4.79 Å². The standard InChI is InChI=1S/C18H17N3O2/c1-12-6-5-7-14(10-12)21-17(22)11-23-18-15-8-3-4-9-16(15)19-13(2)20-18/h3-10H,11H2,1-2H3,(H,21,22). The van der Waals surface area contributed by atoms with Crippen LogP contribution in [0.15, 0.2) is 48.5 Å². The van der Waals surface area contributed by atoms with Gasteiger partial charge in [-0.3, -0.25) is 4.79 Å². The number of ether oxygens (including phenoxy) is 1. The number of carbonyl (C=O) groups excluding carboxylic acids is 1. The zero-order chi connectivity index (χ0) is 16.2. The highest BCUT2D eigenvalue weighted by atomic mass is 16.5. The zero-order valence-electron chi connectivity index (χ0n) is 13.0. The Morgan fingerprint density at radius 3 is 2.74 bits per heavy atom. The van der Waals surface area contributed by atoms with Crippen LogP contribution in [0.5, 0.6) is 5.88 Å². The molecule has 5 nitrogen and oxygen atoms in total. The van der Waals surface area contributed by atoms with Gasteiger partial charge >= 0.3 is 0 Å². The summed E-state index contributed by atoms with van der Waals surface area (Å²) in [6.45, 7) is 3.67. The summed E-state index contributed by atoms with van der Waals surface area (Å²) in [4.78, 5) is 20.7. The molecule has 0 aliphatic carbocycles. The summed E-state index contributed by atoms with van der Waals surface area (Å²) in [6, 6.07) is 15.2. The molecule has 3 aromatic rings. The molecule has 0 unspecified atom stereocenters. The van der Waals surface area contributed by atoms with Crippen molar-refractivity contribution in [3.63, 3.8) is 0 Å². The number of aromatic nitrogens is 2. The van der Waals surface area contributed by atoms with Gasteiger partial charge in [-0.2, -0.15) is 4.98 Å². The van der Waals surface area contributed by atoms with Crippen LogP contribution in [0.3, 0.4) is 0 Å². The molecule has 1 heterocycles. The lowest BCUT2D eigenvalue weighted by Crippen LogP contribution is -2.20. The van der Waals surface area contributed by atoms with Crippen molar-refractivity contribution in [1.29, 1.82) is 0 Å². The number of para-hydroxylation sites is 1. The molecule has 0 atom stereocenters. The van der Waals surface area contributed by atoms with Crippen LogP contribution in [0, 0.1) is 13.8 Å². The topological polar surface area (TPSA) is 64.1 Å². The number of hydrogen-bond acceptors (Lipinski definition) is 4. The Morgan fingerprint density at radius 1 is 1.09 bits per heavy atom. The van der Waals surface area contributed by atoms with Crippen LogP contribution < -0.4 is 10.1 Å². The summed E-state index contributed by atoms with van der Waals surface area (Å²) >= 11 is 0. The van der Waals surface area contributed by atoms with Gasteiger partial charge in [0.2, 0.25) is 5.88 Å². The second-order valence-electron chi connectivity index (χ2n) is 5.30. The quantitative estimate of drug-likeness (QED) is 0.803. The van der Waals surface area contributed by atoms with Gasteiger partial charge in [0.25, 0.3) is 5.91 Å². The van der Waals surface area contributed by atoms with Gasteiger partial charge in [0.15, 0.2) is 6.61 Å². The molecule has 1 N–H and O–H groups in total. The van der Waals surface area contributed by atoms with Crippen LogP contribution in [-0.4, -0.2) is 22.5 Å². The number of nitrogens with zero attached hydrogens (tertiary/aromatic N) is 2. The third kappa shape index (κ3) is 3.63. The molecule has 0 fully saturated rings. The van der Waals surface area contributed by atoms with E-state index < -0.39 is 0 Å². The van der Waals surface area contributed by atoms with E-state index in [-0.39, 0.29) is 12.5 Å². The highest BCUT2D eigenvalue weighted by Gasteiger charge is 2.09. The molecule has 2 aromatic carbocycles. The van der Waals surface area contributed by atoms with Crippen molar-refractivity contribution >= 4 is 22.5 Å². The minimum absolute atomic E-state index is 0.103. The maximum absolute atomic E-state index is 12.0. The molecule has 1 amide bonds. The van der Waals surface area contributed by atoms with Gasteiger partial charge in [0.1, 0.15) is 5.82 Å². The number of aryl methyl sites for hydroxylation is 2. The predicted molar refractivity (Wildman–Crippen MR) is 89.6 cm³/mol. The Kier molecular flexibility index (Phi) is 4.19. The Balaban J connectivity index is 1.72. The third-order valence-electron chi connectivity index (χ3n) is 3.32. The smallest absolute Gasteiger partial charge is 0.262 e. The predicted octanol–water partition coefficient (Wildman–Crippen LogP) is 3.26. The monoisotopic (exact) mass is 307 g/mol. The summed E-state index contributed by atoms with van der Waals surface area (Å²) < 4.78 is 5.60. The van der Waals surface area contributed by atoms with Crippen molar-refractivity contribution in [3.8, 4) is 5.88 Å². The van der Waals surface area contributed by atoms with E-state index >= 15 is 0 Å². The molecule has 5 heteroatoms. The first-order valence-corrected chi connectivity index (χ1v) is 7.34. The summed E-state index contributed by atoms with van der Waals surface area (Å²) in [7, 11) is 0. The van der Waals surface area contributed by atoms with E-state index in [9.17, 15) is 4.79 Å². The zero-order valence-corrected chi connectivity index (χ0v) is 13.0. The second kappa shape index (κ2) is 6.44. The molecule has 0 aliphatic heterocycles. The summed E-state index contributed by atoms with van der Waals surface area (Å²) in [5.41, 5.74) is 2.64. The van der Waals surface area contributed by atoms with Gasteiger partial charge in [-0.05, 0) is 43.7 Å². The number of carbonyl (C=O) groups is 1. The number of nitrogens with one attached hydrogen (secondary N) is 1. The van der Waals surface area contributed by atoms with Gasteiger partial charge in [-0.15, -0.1) is 0 Å². The maximum Gasteiger partial charge on any atom is 0.262 e. The van der Waals surface area contributed by atoms with E-state index in [1.807, 2.05) is 55.5 Å². The largest absolute Gasteiger partial charge is 0.467 e. The van der Waals surface area contributed by atoms with Crippen molar-refractivity contribution in [2.24, 2.45) is 0 Å². The lowest BCUT2D eigenvalue weighted by molar-refractivity contribution is -0.118. The highest BCUT2D eigenvalue weighted by molar-refractivity contribution is 5.92. The lowest BCUT2D eigenvalue weighted by Gasteiger charge is -2.09. The molecule has 0 aliphatic rings. The minimum Gasteiger partial charge on any atom is -0.467 e. The normalized spacial score (nSPS) is 10.5. The summed E-state index contributed by atoms with van der Waals surface area (Å²) in [6.07, 6.45) is 0. The SMILES string of the molecule is Cc1cccc(NC(=O)COc2nc(C)nc3ccccc23)c1. The fourth-order valence-electron chi connectivity index (χ4n) is 2.32. The number of hydrogen-bond donors (Lipinski definition) is 1. The Bertz CT molecular complexity index is 862. The van der Waals surface area contributed by atoms with Crippen LogP contribution in [0.25, 0.3) is 10.9 Å². The number of amides is 1. The number of benzene rings is 2. The van der Waals surface area contributed by atoms with E-state index in [2.05, 4.69) is 15.3 Å². The molecular weight excluding hydrogens is 290 g/mol. The maximum atomic E-state index is 12.0. The molecular formula is C18H17N3O2. The van der Waals surface area contributed by atoms with Crippen molar-refractivity contribution < 1.29 is 9.53 Å². The lowest BCUT2D eigenvalue weighted by atomic mass is 10.2. The molecule has 116 valence electrons. The molecule has 3 rings (SSSR count). The number of rotatable bonds is 4. The van der Waals surface area contributed by atoms with E-state index in [4.69, 9.17) is 4.74 Å². The Labute approximate surface area is 134 Å². The Hall–Kier alpha value is -2.95. The van der Waals surface area contributed by atoms with Gasteiger partial charge in [-0.25, -0.2) is 4.98 Å².